The summed E-state index contributed by atoms with van der Waals surface area (Å²) >= 11 is 1.56. The van der Waals surface area contributed by atoms with E-state index < -0.39 is 5.91 Å². The van der Waals surface area contributed by atoms with Crippen LogP contribution in [-0.2, 0) is 4.79 Å². The van der Waals surface area contributed by atoms with Crippen molar-refractivity contribution in [3.8, 4) is 0 Å². The molecule has 0 spiro atoms. The molecule has 0 radical (unpaired) electrons. The van der Waals surface area contributed by atoms with E-state index in [-0.39, 0.29) is 0 Å². The number of hydrogen-bond donors (Lipinski definition) is 3. The van der Waals surface area contributed by atoms with Crippen molar-refractivity contribution in [2.24, 2.45) is 0 Å². The van der Waals surface area contributed by atoms with Crippen LogP contribution in [0.25, 0.3) is 6.08 Å². The monoisotopic (exact) mass is 288 g/mol. The van der Waals surface area contributed by atoms with Crippen molar-refractivity contribution in [1.82, 2.24) is 10.2 Å². The normalized spacial score (nSPS) is 17.6. The van der Waals surface area contributed by atoms with Gasteiger partial charge in [0.2, 0.25) is 0 Å². The van der Waals surface area contributed by atoms with Gasteiger partial charge >= 0.3 is 0 Å². The van der Waals surface area contributed by atoms with Gasteiger partial charge in [0.1, 0.15) is 0 Å². The molecule has 1 aliphatic rings. The molecule has 5 heteroatoms. The van der Waals surface area contributed by atoms with Gasteiger partial charge in [0.15, 0.2) is 0 Å². The van der Waals surface area contributed by atoms with Gasteiger partial charge in [-0.1, -0.05) is 36.4 Å². The van der Waals surface area contributed by atoms with Gasteiger partial charge < -0.3 is 0 Å². The van der Waals surface area contributed by atoms with Gasteiger partial charge in [-0.2, -0.15) is 0 Å². The fourth-order valence-electron chi connectivity index (χ4n) is 1.70. The molecule has 0 heterocycles. The summed E-state index contributed by atoms with van der Waals surface area (Å²) in [6.45, 7) is 0. The molecule has 0 saturated heterocycles. The summed E-state index contributed by atoms with van der Waals surface area (Å²) in [5, 5.41) is 8.42. The number of carbonyl (C=O) groups excluding carboxylic acids is 1. The minimum Gasteiger partial charge on any atom is -0.288 e. The number of carbonyl (C=O) groups is 1. The lowest BCUT2D eigenvalue weighted by Crippen LogP contribution is -2.20. The molecule has 0 aliphatic heterocycles. The van der Waals surface area contributed by atoms with E-state index in [9.17, 15) is 4.79 Å². The van der Waals surface area contributed by atoms with Gasteiger partial charge in [-0.05, 0) is 42.1 Å². The van der Waals surface area contributed by atoms with Gasteiger partial charge in [0.05, 0.1) is 0 Å². The molecule has 0 fully saturated rings. The van der Waals surface area contributed by atoms with Crippen molar-refractivity contribution in [3.63, 3.8) is 0 Å². The summed E-state index contributed by atoms with van der Waals surface area (Å²) in [6.07, 6.45) is 12.3. The highest BCUT2D eigenvalue weighted by Crippen LogP contribution is 2.19. The molecule has 1 aromatic rings. The Hall–Kier alpha value is -1.82. The Kier molecular flexibility index (Phi) is 5.61. The Bertz CT molecular complexity index is 553. The maximum absolute atomic E-state index is 10.9. The number of amides is 1. The number of allylic oxidation sites excluding steroid dienone is 2. The lowest BCUT2D eigenvalue weighted by Gasteiger charge is -2.14. The van der Waals surface area contributed by atoms with E-state index in [4.69, 9.17) is 5.21 Å². The maximum atomic E-state index is 10.9. The Labute approximate surface area is 122 Å². The molecule has 1 aromatic carbocycles. The van der Waals surface area contributed by atoms with Gasteiger partial charge in [-0.3, -0.25) is 14.7 Å². The SMILES string of the molecule is O=C(/C=C/c1cccc(SNC2C=CC=CC2)c1)NO. The van der Waals surface area contributed by atoms with Crippen molar-refractivity contribution in [3.05, 3.63) is 60.2 Å². The molecule has 0 saturated carbocycles. The van der Waals surface area contributed by atoms with Crippen LogP contribution < -0.4 is 10.2 Å². The van der Waals surface area contributed by atoms with Crippen molar-refractivity contribution in [1.29, 1.82) is 0 Å². The van der Waals surface area contributed by atoms with E-state index in [1.54, 1.807) is 23.5 Å². The Balaban J connectivity index is 1.92. The number of hydroxylamine groups is 1. The third-order valence-electron chi connectivity index (χ3n) is 2.70. The van der Waals surface area contributed by atoms with Crippen molar-refractivity contribution in [2.45, 2.75) is 17.4 Å². The highest BCUT2D eigenvalue weighted by molar-refractivity contribution is 7.97. The highest BCUT2D eigenvalue weighted by atomic mass is 32.2. The Morgan fingerprint density at radius 3 is 3.05 bits per heavy atom. The van der Waals surface area contributed by atoms with Gasteiger partial charge in [0.25, 0.3) is 5.91 Å². The number of benzene rings is 1. The van der Waals surface area contributed by atoms with Crippen LogP contribution in [0.3, 0.4) is 0 Å². The van der Waals surface area contributed by atoms with Crippen LogP contribution in [0, 0.1) is 0 Å². The second-order valence-corrected chi connectivity index (χ2v) is 5.17. The molecular weight excluding hydrogens is 272 g/mol. The standard InChI is InChI=1S/C15H16N2O2S/c18-15(16-19)10-9-12-5-4-8-14(11-12)20-17-13-6-2-1-3-7-13/h1-6,8-11,13,17,19H,7H2,(H,16,18)/b10-9+. The van der Waals surface area contributed by atoms with E-state index in [0.717, 1.165) is 16.9 Å². The van der Waals surface area contributed by atoms with E-state index >= 15 is 0 Å². The quantitative estimate of drug-likeness (QED) is 0.337. The van der Waals surface area contributed by atoms with Crippen molar-refractivity contribution < 1.29 is 10.0 Å². The molecule has 20 heavy (non-hydrogen) atoms. The van der Waals surface area contributed by atoms with Crippen molar-refractivity contribution in [2.75, 3.05) is 0 Å². The molecule has 3 N–H and O–H groups in total. The molecule has 4 nitrogen and oxygen atoms in total. The molecule has 2 rings (SSSR count). The fraction of sp³-hybridized carbons (Fsp3) is 0.133. The highest BCUT2D eigenvalue weighted by Gasteiger charge is 2.05. The lowest BCUT2D eigenvalue weighted by atomic mass is 10.1. The molecule has 0 bridgehead atoms. The van der Waals surface area contributed by atoms with Crippen LogP contribution in [0.2, 0.25) is 0 Å². The molecule has 1 aliphatic carbocycles. The predicted octanol–water partition coefficient (Wildman–Crippen LogP) is 2.69. The topological polar surface area (TPSA) is 61.4 Å². The zero-order valence-electron chi connectivity index (χ0n) is 10.8. The minimum atomic E-state index is -0.541. The average Bonchev–Trinajstić information content (AvgIpc) is 2.52. The number of hydrogen-bond acceptors (Lipinski definition) is 4. The molecule has 1 atom stereocenters. The van der Waals surface area contributed by atoms with Gasteiger partial charge in [0, 0.05) is 17.0 Å². The van der Waals surface area contributed by atoms with Crippen LogP contribution in [0.5, 0.6) is 0 Å². The Morgan fingerprint density at radius 2 is 2.30 bits per heavy atom. The van der Waals surface area contributed by atoms with Crippen LogP contribution in [0.15, 0.2) is 59.5 Å². The first-order valence-electron chi connectivity index (χ1n) is 6.26. The van der Waals surface area contributed by atoms with Crippen molar-refractivity contribution >= 4 is 23.9 Å². The second-order valence-electron chi connectivity index (χ2n) is 4.26. The van der Waals surface area contributed by atoms with Crippen LogP contribution >= 0.6 is 11.9 Å². The third kappa shape index (κ3) is 4.70. The van der Waals surface area contributed by atoms with Crippen LogP contribution in [-0.4, -0.2) is 17.2 Å². The first-order chi connectivity index (χ1) is 9.78. The first-order valence-corrected chi connectivity index (χ1v) is 7.07. The summed E-state index contributed by atoms with van der Waals surface area (Å²) in [5.41, 5.74) is 2.46. The lowest BCUT2D eigenvalue weighted by molar-refractivity contribution is -0.124. The molecule has 1 unspecified atom stereocenters. The summed E-state index contributed by atoms with van der Waals surface area (Å²) < 4.78 is 3.38. The Morgan fingerprint density at radius 1 is 1.40 bits per heavy atom. The summed E-state index contributed by atoms with van der Waals surface area (Å²) in [5.74, 6) is -0.541. The molecule has 1 amide bonds. The largest absolute Gasteiger partial charge is 0.288 e. The fourth-order valence-corrected chi connectivity index (χ4v) is 2.51. The maximum Gasteiger partial charge on any atom is 0.267 e. The summed E-state index contributed by atoms with van der Waals surface area (Å²) in [7, 11) is 0. The summed E-state index contributed by atoms with van der Waals surface area (Å²) in [6, 6.07) is 8.14. The van der Waals surface area contributed by atoms with Gasteiger partial charge in [-0.25, -0.2) is 5.48 Å². The van der Waals surface area contributed by atoms with Crippen LogP contribution in [0.1, 0.15) is 12.0 Å². The number of nitrogens with one attached hydrogen (secondary N) is 2. The smallest absolute Gasteiger partial charge is 0.267 e. The zero-order chi connectivity index (χ0) is 14.2. The summed E-state index contributed by atoms with van der Waals surface area (Å²) in [4.78, 5) is 12.0. The first kappa shape index (κ1) is 14.6. The number of rotatable bonds is 5. The average molecular weight is 288 g/mol. The van der Waals surface area contributed by atoms with E-state index in [1.807, 2.05) is 36.4 Å². The van der Waals surface area contributed by atoms with Crippen LogP contribution in [0.4, 0.5) is 0 Å². The zero-order valence-corrected chi connectivity index (χ0v) is 11.6. The van der Waals surface area contributed by atoms with E-state index in [2.05, 4.69) is 16.9 Å². The molecule has 0 aromatic heterocycles. The molecular formula is C15H16N2O2S. The van der Waals surface area contributed by atoms with Gasteiger partial charge in [-0.15, -0.1) is 0 Å². The predicted molar refractivity (Wildman–Crippen MR) is 81.1 cm³/mol. The van der Waals surface area contributed by atoms with E-state index in [0.29, 0.717) is 6.04 Å². The molecule has 104 valence electrons. The van der Waals surface area contributed by atoms with E-state index in [1.165, 1.54) is 6.08 Å². The second kappa shape index (κ2) is 7.69. The third-order valence-corrected chi connectivity index (χ3v) is 3.61. The minimum absolute atomic E-state index is 0.337.